The Kier molecular flexibility index (Phi) is 25.2. The molecule has 11 rings (SSSR count). The fourth-order valence-corrected chi connectivity index (χ4v) is 15.1. The SMILES string of the molecule is CCCCCC(=O)OCC1(COC(=O)CCCCC)Nc2cccc3ccc(C4C(=O)C(c5ccc6ccc(C7C(=O)C(c8ccc9cccc%10c9c8NC(COC(=O)CCCCC)(COC(=O)CCCCC)N%10)C7=O)c7c6c5NC(COC(=O)CCCCC)(COC(=O)CCCCC)N7)C4=O)c(c23)N1. The first-order valence-corrected chi connectivity index (χ1v) is 38.3. The van der Waals surface area contributed by atoms with Crippen molar-refractivity contribution in [3.8, 4) is 0 Å². The minimum atomic E-state index is -1.74. The molecule has 2 saturated carbocycles. The molecule has 0 bridgehead atoms. The maximum absolute atomic E-state index is 15.7. The molecule has 6 aromatic rings. The number of carbonyl (C=O) groups is 10. The lowest BCUT2D eigenvalue weighted by molar-refractivity contribution is -0.150. The lowest BCUT2D eigenvalue weighted by atomic mass is 9.63. The summed E-state index contributed by atoms with van der Waals surface area (Å²) in [6.45, 7) is 10.1. The summed E-state index contributed by atoms with van der Waals surface area (Å²) in [5.74, 6) is -10.2. The van der Waals surface area contributed by atoms with Crippen LogP contribution in [0.1, 0.15) is 242 Å². The standard InChI is InChI=1S/C83H102N6O16/c1-7-13-19-31-60(90)100-45-81(46-101-61(91)32-20-14-8-2)84-58-29-25-27-51-37-41-54(73(86-81)66(51)58)69-77(96)71(78(69)97)56-43-39-53-40-44-57(76-68(53)75(56)88-83(89-76,49-104-64(94)35-23-17-11-5)50-105-65(95)36-24-18-12-6)72-79(98)70(80(72)99)55-42-38-52-28-26-30-59-67(52)74(55)87-82(85-59,47-102-62(92)33-21-15-9-3)48-103-63(93)34-22-16-10-4/h25-30,37-44,69-72,84-89H,7-24,31-36,45-50H2,1-6H3. The monoisotopic (exact) mass is 1440 g/mol. The van der Waals surface area contributed by atoms with E-state index in [9.17, 15) is 28.8 Å². The zero-order valence-corrected chi connectivity index (χ0v) is 61.6. The first kappa shape index (κ1) is 76.5. The number of hydrogen-bond acceptors (Lipinski definition) is 22. The van der Waals surface area contributed by atoms with E-state index in [-0.39, 0.29) is 87.5 Å². The van der Waals surface area contributed by atoms with Crippen LogP contribution in [0, 0.1) is 0 Å². The van der Waals surface area contributed by atoms with Gasteiger partial charge in [-0.3, -0.25) is 47.9 Å². The Morgan fingerprint density at radius 3 is 0.743 bits per heavy atom. The number of ketones is 4. The molecule has 105 heavy (non-hydrogen) atoms. The average molecular weight is 1440 g/mol. The molecule has 0 amide bonds. The largest absolute Gasteiger partial charge is 0.461 e. The average Bonchev–Trinajstić information content (AvgIpc) is 0.706. The van der Waals surface area contributed by atoms with Crippen LogP contribution in [0.4, 0.5) is 34.1 Å². The van der Waals surface area contributed by atoms with Gasteiger partial charge in [0.2, 0.25) is 0 Å². The summed E-state index contributed by atoms with van der Waals surface area (Å²) in [5.41, 5.74) is -0.985. The number of benzene rings is 6. The molecule has 0 saturated heterocycles. The van der Waals surface area contributed by atoms with E-state index in [1.807, 2.05) is 90.1 Å². The lowest BCUT2D eigenvalue weighted by Gasteiger charge is -2.45. The van der Waals surface area contributed by atoms with Gasteiger partial charge >= 0.3 is 35.8 Å². The summed E-state index contributed by atoms with van der Waals surface area (Å²) in [6.07, 6.45) is 14.6. The summed E-state index contributed by atoms with van der Waals surface area (Å²) >= 11 is 0. The van der Waals surface area contributed by atoms with E-state index >= 15 is 19.2 Å². The molecule has 22 nitrogen and oxygen atoms in total. The van der Waals surface area contributed by atoms with Gasteiger partial charge in [0.25, 0.3) is 0 Å². The van der Waals surface area contributed by atoms with Gasteiger partial charge < -0.3 is 60.3 Å². The number of anilines is 6. The zero-order chi connectivity index (χ0) is 74.4. The number of ether oxygens (including phenoxy) is 6. The van der Waals surface area contributed by atoms with Crippen molar-refractivity contribution in [3.63, 3.8) is 0 Å². The highest BCUT2D eigenvalue weighted by Crippen LogP contribution is 2.56. The maximum Gasteiger partial charge on any atom is 0.305 e. The molecule has 0 spiro atoms. The molecule has 6 N–H and O–H groups in total. The van der Waals surface area contributed by atoms with Crippen molar-refractivity contribution in [2.75, 3.05) is 71.5 Å². The lowest BCUT2D eigenvalue weighted by Crippen LogP contribution is -2.57. The fraction of sp³-hybridized carbons (Fsp3) is 0.518. The number of Topliss-reactive ketones (excluding diaryl/α,β-unsaturated/α-hetero) is 4. The predicted octanol–water partition coefficient (Wildman–Crippen LogP) is 15.5. The molecule has 3 heterocycles. The molecule has 0 aromatic heterocycles. The van der Waals surface area contributed by atoms with E-state index in [2.05, 4.69) is 31.9 Å². The summed E-state index contributed by atoms with van der Waals surface area (Å²) in [6, 6.07) is 25.2. The van der Waals surface area contributed by atoms with Crippen LogP contribution < -0.4 is 31.9 Å². The Bertz CT molecular complexity index is 3930. The molecule has 22 heteroatoms. The van der Waals surface area contributed by atoms with Crippen molar-refractivity contribution in [3.05, 3.63) is 107 Å². The number of nitrogens with one attached hydrogen (secondary N) is 6. The summed E-state index contributed by atoms with van der Waals surface area (Å²) in [4.78, 5) is 144. The molecule has 2 aliphatic carbocycles. The van der Waals surface area contributed by atoms with Crippen LogP contribution in [0.3, 0.4) is 0 Å². The zero-order valence-electron chi connectivity index (χ0n) is 61.6. The van der Waals surface area contributed by atoms with Crippen LogP contribution in [-0.4, -0.2) is 116 Å². The van der Waals surface area contributed by atoms with Gasteiger partial charge in [0.1, 0.15) is 63.3 Å². The number of hydrogen-bond donors (Lipinski definition) is 6. The summed E-state index contributed by atoms with van der Waals surface area (Å²) in [7, 11) is 0. The van der Waals surface area contributed by atoms with E-state index in [4.69, 9.17) is 28.4 Å². The van der Waals surface area contributed by atoms with Crippen molar-refractivity contribution < 1.29 is 76.4 Å². The number of unbranched alkanes of at least 4 members (excludes halogenated alkanes) is 12. The highest BCUT2D eigenvalue weighted by Gasteiger charge is 2.57. The van der Waals surface area contributed by atoms with Crippen molar-refractivity contribution in [2.45, 2.75) is 236 Å². The van der Waals surface area contributed by atoms with Gasteiger partial charge in [-0.05, 0) is 89.1 Å². The molecule has 2 fully saturated rings. The van der Waals surface area contributed by atoms with Crippen LogP contribution in [0.25, 0.3) is 32.3 Å². The highest BCUT2D eigenvalue weighted by molar-refractivity contribution is 6.35. The molecular formula is C83H102N6O16. The number of rotatable bonds is 40. The van der Waals surface area contributed by atoms with Gasteiger partial charge in [-0.2, -0.15) is 0 Å². The molecule has 0 atom stereocenters. The fourth-order valence-electron chi connectivity index (χ4n) is 15.1. The van der Waals surface area contributed by atoms with Crippen molar-refractivity contribution in [1.29, 1.82) is 0 Å². The second kappa shape index (κ2) is 34.5. The third kappa shape index (κ3) is 16.9. The summed E-state index contributed by atoms with van der Waals surface area (Å²) < 4.78 is 36.1. The molecule has 0 radical (unpaired) electrons. The van der Waals surface area contributed by atoms with Gasteiger partial charge in [0.05, 0.1) is 22.7 Å². The van der Waals surface area contributed by atoms with E-state index in [1.165, 1.54) is 0 Å². The Labute approximate surface area is 613 Å². The van der Waals surface area contributed by atoms with Gasteiger partial charge in [0.15, 0.2) is 40.1 Å². The van der Waals surface area contributed by atoms with E-state index in [0.717, 1.165) is 87.8 Å². The van der Waals surface area contributed by atoms with Gasteiger partial charge in [-0.1, -0.05) is 191 Å². The van der Waals surface area contributed by atoms with Crippen LogP contribution >= 0.6 is 0 Å². The highest BCUT2D eigenvalue weighted by atomic mass is 16.6. The second-order valence-electron chi connectivity index (χ2n) is 29.1. The Hall–Kier alpha value is -9.60. The van der Waals surface area contributed by atoms with Crippen LogP contribution in [0.2, 0.25) is 0 Å². The van der Waals surface area contributed by atoms with Crippen LogP contribution in [-0.2, 0) is 76.4 Å². The number of esters is 6. The van der Waals surface area contributed by atoms with Crippen LogP contribution in [0.5, 0.6) is 0 Å². The first-order valence-electron chi connectivity index (χ1n) is 38.3. The molecule has 5 aliphatic rings. The van der Waals surface area contributed by atoms with Crippen molar-refractivity contribution in [1.82, 2.24) is 0 Å². The van der Waals surface area contributed by atoms with Gasteiger partial charge in [0, 0.05) is 66.1 Å². The minimum Gasteiger partial charge on any atom is -0.461 e. The molecule has 0 unspecified atom stereocenters. The molecule has 560 valence electrons. The third-order valence-corrected chi connectivity index (χ3v) is 20.9. The molecular weight excluding hydrogens is 1340 g/mol. The number of carbonyl (C=O) groups excluding carboxylic acids is 10. The molecule has 6 aromatic carbocycles. The van der Waals surface area contributed by atoms with Gasteiger partial charge in [-0.25, -0.2) is 0 Å². The summed E-state index contributed by atoms with van der Waals surface area (Å²) in [5, 5.41) is 24.9. The second-order valence-corrected chi connectivity index (χ2v) is 29.1. The van der Waals surface area contributed by atoms with Crippen LogP contribution in [0.15, 0.2) is 84.9 Å². The molecule has 3 aliphatic heterocycles. The first-order chi connectivity index (χ1) is 50.8. The minimum absolute atomic E-state index is 0.0830. The predicted molar refractivity (Wildman–Crippen MR) is 403 cm³/mol. The maximum atomic E-state index is 15.7. The topological polar surface area (TPSA) is 298 Å². The quantitative estimate of drug-likeness (QED) is 0.00901. The van der Waals surface area contributed by atoms with Gasteiger partial charge in [-0.15, -0.1) is 0 Å². The van der Waals surface area contributed by atoms with E-state index in [1.54, 1.807) is 36.4 Å². The third-order valence-electron chi connectivity index (χ3n) is 20.9. The van der Waals surface area contributed by atoms with Crippen molar-refractivity contribution in [2.24, 2.45) is 0 Å². The van der Waals surface area contributed by atoms with E-state index < -0.39 is 113 Å². The Balaban J connectivity index is 0.979. The Morgan fingerprint density at radius 1 is 0.286 bits per heavy atom. The van der Waals surface area contributed by atoms with E-state index in [0.29, 0.717) is 93.9 Å². The smallest absolute Gasteiger partial charge is 0.305 e. The Morgan fingerprint density at radius 2 is 0.505 bits per heavy atom. The van der Waals surface area contributed by atoms with Crippen molar-refractivity contribution >= 4 is 125 Å². The normalized spacial score (nSPS) is 18.2.